The maximum atomic E-state index is 10.3. The van der Waals surface area contributed by atoms with Gasteiger partial charge in [0, 0.05) is 6.54 Å². The molecule has 0 aromatic heterocycles. The Labute approximate surface area is 78.9 Å². The van der Waals surface area contributed by atoms with Crippen LogP contribution in [0.3, 0.4) is 0 Å². The topological polar surface area (TPSA) is 41.5 Å². The summed E-state index contributed by atoms with van der Waals surface area (Å²) in [5.74, 6) is 0. The van der Waals surface area contributed by atoms with Crippen LogP contribution in [0.4, 0.5) is 0 Å². The van der Waals surface area contributed by atoms with Gasteiger partial charge in [0.1, 0.15) is 0 Å². The van der Waals surface area contributed by atoms with Crippen molar-refractivity contribution in [2.24, 2.45) is 4.99 Å². The number of hydrogen-bond acceptors (Lipinski definition) is 2. The largest absolute Gasteiger partial charge is 0.327 e. The number of unbranched alkanes of at least 4 members (excludes halogenated alkanes) is 1. The molecular weight excluding hydrogens is 164 g/mol. The summed E-state index contributed by atoms with van der Waals surface area (Å²) in [5.41, 5.74) is 1.97. The summed E-state index contributed by atoms with van der Waals surface area (Å²) >= 11 is 0. The van der Waals surface area contributed by atoms with Gasteiger partial charge in [-0.1, -0.05) is 19.4 Å². The number of dihydropyridines is 1. The van der Waals surface area contributed by atoms with Crippen molar-refractivity contribution in [3.8, 4) is 0 Å². The van der Waals surface area contributed by atoms with Gasteiger partial charge in [0.15, 0.2) is 0 Å². The number of nitrogens with one attached hydrogen (secondary N) is 1. The van der Waals surface area contributed by atoms with E-state index in [0.717, 1.165) is 50.0 Å². The number of amides is 1. The van der Waals surface area contributed by atoms with Gasteiger partial charge in [-0.3, -0.25) is 9.79 Å². The van der Waals surface area contributed by atoms with Crippen LogP contribution in [0, 0.1) is 0 Å². The average molecular weight is 180 g/mol. The first kappa shape index (κ1) is 9.96. The van der Waals surface area contributed by atoms with Crippen LogP contribution in [0.1, 0.15) is 32.6 Å². The predicted molar refractivity (Wildman–Crippen MR) is 53.7 cm³/mol. The number of rotatable bonds is 5. The first-order valence-electron chi connectivity index (χ1n) is 4.82. The SMILES string of the molecule is CCCCC1=NCCC=C1NC=O. The minimum atomic E-state index is 0.721. The lowest BCUT2D eigenvalue weighted by Gasteiger charge is -2.13. The fourth-order valence-corrected chi connectivity index (χ4v) is 1.38. The van der Waals surface area contributed by atoms with Crippen LogP contribution in [0.2, 0.25) is 0 Å². The zero-order valence-corrected chi connectivity index (χ0v) is 8.05. The van der Waals surface area contributed by atoms with Crippen LogP contribution in [0.25, 0.3) is 0 Å². The number of allylic oxidation sites excluding steroid dienone is 1. The summed E-state index contributed by atoms with van der Waals surface area (Å²) in [6.45, 7) is 3.02. The molecule has 0 saturated carbocycles. The van der Waals surface area contributed by atoms with Gasteiger partial charge in [-0.15, -0.1) is 0 Å². The highest BCUT2D eigenvalue weighted by atomic mass is 16.1. The molecule has 1 heterocycles. The monoisotopic (exact) mass is 180 g/mol. The second-order valence-electron chi connectivity index (χ2n) is 3.10. The highest BCUT2D eigenvalue weighted by Gasteiger charge is 2.08. The lowest BCUT2D eigenvalue weighted by molar-refractivity contribution is -0.108. The van der Waals surface area contributed by atoms with Gasteiger partial charge in [-0.25, -0.2) is 0 Å². The summed E-state index contributed by atoms with van der Waals surface area (Å²) < 4.78 is 0. The summed E-state index contributed by atoms with van der Waals surface area (Å²) in [6, 6.07) is 0. The summed E-state index contributed by atoms with van der Waals surface area (Å²) in [5, 5.41) is 2.69. The van der Waals surface area contributed by atoms with E-state index >= 15 is 0 Å². The molecule has 3 heteroatoms. The molecule has 1 rings (SSSR count). The molecule has 1 amide bonds. The molecule has 0 bridgehead atoms. The van der Waals surface area contributed by atoms with E-state index in [4.69, 9.17) is 0 Å². The minimum absolute atomic E-state index is 0.721. The smallest absolute Gasteiger partial charge is 0.211 e. The average Bonchev–Trinajstić information content (AvgIpc) is 2.17. The molecule has 1 N–H and O–H groups in total. The van der Waals surface area contributed by atoms with Crippen molar-refractivity contribution in [3.63, 3.8) is 0 Å². The van der Waals surface area contributed by atoms with Crippen LogP contribution in [-0.4, -0.2) is 18.7 Å². The normalized spacial score (nSPS) is 16.1. The summed E-state index contributed by atoms with van der Waals surface area (Å²) in [7, 11) is 0. The molecular formula is C10H16N2O. The van der Waals surface area contributed by atoms with Gasteiger partial charge >= 0.3 is 0 Å². The number of aliphatic imine (C=N–C) groups is 1. The van der Waals surface area contributed by atoms with E-state index in [2.05, 4.69) is 17.2 Å². The van der Waals surface area contributed by atoms with Crippen molar-refractivity contribution >= 4 is 12.1 Å². The Balaban J connectivity index is 2.52. The van der Waals surface area contributed by atoms with Gasteiger partial charge in [-0.05, 0) is 19.3 Å². The third kappa shape index (κ3) is 3.01. The zero-order chi connectivity index (χ0) is 9.52. The Morgan fingerprint density at radius 3 is 3.23 bits per heavy atom. The van der Waals surface area contributed by atoms with Crippen molar-refractivity contribution in [1.29, 1.82) is 0 Å². The molecule has 3 nitrogen and oxygen atoms in total. The van der Waals surface area contributed by atoms with Gasteiger partial charge < -0.3 is 5.32 Å². The molecule has 13 heavy (non-hydrogen) atoms. The highest BCUT2D eigenvalue weighted by molar-refractivity contribution is 6.01. The number of nitrogens with zero attached hydrogens (tertiary/aromatic N) is 1. The molecule has 0 saturated heterocycles. The molecule has 1 aliphatic rings. The molecule has 72 valence electrons. The van der Waals surface area contributed by atoms with Gasteiger partial charge in [0.2, 0.25) is 6.41 Å². The first-order chi connectivity index (χ1) is 6.38. The molecule has 0 radical (unpaired) electrons. The third-order valence-corrected chi connectivity index (χ3v) is 2.07. The molecule has 0 spiro atoms. The Hall–Kier alpha value is -1.12. The molecule has 0 aromatic carbocycles. The Bertz CT molecular complexity index is 231. The van der Waals surface area contributed by atoms with Crippen molar-refractivity contribution in [2.75, 3.05) is 6.54 Å². The Kier molecular flexibility index (Phi) is 4.23. The maximum absolute atomic E-state index is 10.3. The summed E-state index contributed by atoms with van der Waals surface area (Å²) in [6.07, 6.45) is 6.98. The van der Waals surface area contributed by atoms with E-state index in [1.807, 2.05) is 6.08 Å². The maximum Gasteiger partial charge on any atom is 0.211 e. The molecule has 0 unspecified atom stereocenters. The lowest BCUT2D eigenvalue weighted by Crippen LogP contribution is -2.21. The van der Waals surface area contributed by atoms with E-state index in [1.54, 1.807) is 0 Å². The fourth-order valence-electron chi connectivity index (χ4n) is 1.38. The van der Waals surface area contributed by atoms with Gasteiger partial charge in [0.25, 0.3) is 0 Å². The van der Waals surface area contributed by atoms with E-state index in [1.165, 1.54) is 0 Å². The summed E-state index contributed by atoms with van der Waals surface area (Å²) in [4.78, 5) is 14.7. The molecule has 0 atom stereocenters. The van der Waals surface area contributed by atoms with Crippen molar-refractivity contribution in [2.45, 2.75) is 32.6 Å². The predicted octanol–water partition coefficient (Wildman–Crippen LogP) is 1.65. The fraction of sp³-hybridized carbons (Fsp3) is 0.600. The van der Waals surface area contributed by atoms with Crippen LogP contribution < -0.4 is 5.32 Å². The third-order valence-electron chi connectivity index (χ3n) is 2.07. The standard InChI is InChI=1S/C10H16N2O/c1-2-3-5-9-10(12-8-13)6-4-7-11-9/h6,8H,2-5,7H2,1H3,(H,12,13). The molecule has 0 fully saturated rings. The van der Waals surface area contributed by atoms with Crippen molar-refractivity contribution in [3.05, 3.63) is 11.8 Å². The van der Waals surface area contributed by atoms with Crippen LogP contribution >= 0.6 is 0 Å². The quantitative estimate of drug-likeness (QED) is 0.642. The second kappa shape index (κ2) is 5.51. The molecule has 0 aromatic rings. The zero-order valence-electron chi connectivity index (χ0n) is 8.05. The van der Waals surface area contributed by atoms with Crippen LogP contribution in [-0.2, 0) is 4.79 Å². The Morgan fingerprint density at radius 2 is 2.54 bits per heavy atom. The highest BCUT2D eigenvalue weighted by Crippen LogP contribution is 2.09. The number of carbonyl (C=O) groups is 1. The minimum Gasteiger partial charge on any atom is -0.327 e. The number of carbonyl (C=O) groups excluding carboxylic acids is 1. The van der Waals surface area contributed by atoms with E-state index < -0.39 is 0 Å². The molecule has 1 aliphatic heterocycles. The number of hydrogen-bond donors (Lipinski definition) is 1. The van der Waals surface area contributed by atoms with Crippen LogP contribution in [0.15, 0.2) is 16.8 Å². The van der Waals surface area contributed by atoms with Gasteiger partial charge in [-0.2, -0.15) is 0 Å². The van der Waals surface area contributed by atoms with E-state index in [0.29, 0.717) is 0 Å². The van der Waals surface area contributed by atoms with Crippen molar-refractivity contribution < 1.29 is 4.79 Å². The first-order valence-corrected chi connectivity index (χ1v) is 4.82. The molecule has 0 aliphatic carbocycles. The van der Waals surface area contributed by atoms with Crippen LogP contribution in [0.5, 0.6) is 0 Å². The van der Waals surface area contributed by atoms with Gasteiger partial charge in [0.05, 0.1) is 11.4 Å². The van der Waals surface area contributed by atoms with Crippen molar-refractivity contribution in [1.82, 2.24) is 5.32 Å². The lowest BCUT2D eigenvalue weighted by atomic mass is 10.1. The van der Waals surface area contributed by atoms with E-state index in [-0.39, 0.29) is 0 Å². The second-order valence-corrected chi connectivity index (χ2v) is 3.10. The Morgan fingerprint density at radius 1 is 1.69 bits per heavy atom. The van der Waals surface area contributed by atoms with E-state index in [9.17, 15) is 4.79 Å².